The molecular formula is C16H15ClN2OS. The van der Waals surface area contributed by atoms with Crippen molar-refractivity contribution in [3.63, 3.8) is 0 Å². The van der Waals surface area contributed by atoms with E-state index in [1.165, 1.54) is 0 Å². The molecule has 0 aliphatic carbocycles. The van der Waals surface area contributed by atoms with Gasteiger partial charge < -0.3 is 10.4 Å². The average molecular weight is 319 g/mol. The lowest BCUT2D eigenvalue weighted by Crippen LogP contribution is -2.01. The van der Waals surface area contributed by atoms with Crippen LogP contribution in [0.2, 0.25) is 5.02 Å². The maximum Gasteiger partial charge on any atom is 0.121 e. The van der Waals surface area contributed by atoms with Gasteiger partial charge in [-0.2, -0.15) is 0 Å². The Kier molecular flexibility index (Phi) is 3.74. The van der Waals surface area contributed by atoms with Crippen molar-refractivity contribution >= 4 is 38.8 Å². The number of aromatic nitrogens is 1. The van der Waals surface area contributed by atoms with Crippen LogP contribution in [-0.4, -0.2) is 10.1 Å². The topological polar surface area (TPSA) is 45.2 Å². The van der Waals surface area contributed by atoms with E-state index in [1.807, 2.05) is 43.6 Å². The second kappa shape index (κ2) is 5.54. The van der Waals surface area contributed by atoms with Gasteiger partial charge >= 0.3 is 0 Å². The highest BCUT2D eigenvalue weighted by molar-refractivity contribution is 7.16. The Hall–Kier alpha value is -1.78. The minimum atomic E-state index is 0.360. The summed E-state index contributed by atoms with van der Waals surface area (Å²) in [5.41, 5.74) is 6.44. The van der Waals surface area contributed by atoms with Gasteiger partial charge in [0.05, 0.1) is 20.9 Å². The van der Waals surface area contributed by atoms with E-state index in [4.69, 9.17) is 11.6 Å². The first kappa shape index (κ1) is 14.2. The maximum absolute atomic E-state index is 9.82. The number of halogens is 1. The summed E-state index contributed by atoms with van der Waals surface area (Å²) in [6, 6.07) is 7.82. The molecule has 108 valence electrons. The Morgan fingerprint density at radius 3 is 2.67 bits per heavy atom. The van der Waals surface area contributed by atoms with Crippen molar-refractivity contribution in [3.8, 4) is 5.75 Å². The van der Waals surface area contributed by atoms with Crippen molar-refractivity contribution in [2.24, 2.45) is 0 Å². The highest BCUT2D eigenvalue weighted by Crippen LogP contribution is 2.33. The molecule has 2 aromatic carbocycles. The number of nitrogens with one attached hydrogen (secondary N) is 1. The third-order valence-corrected chi connectivity index (χ3v) is 4.58. The standard InChI is InChI=1S/C16H15ClN2OS/c1-9-5-11(6-10(2)16(9)20)7-18-14-12(17)3-4-13-15(14)19-8-21-13/h3-6,8,18,20H,7H2,1-2H3. The van der Waals surface area contributed by atoms with Gasteiger partial charge in [0.1, 0.15) is 11.3 Å². The summed E-state index contributed by atoms with van der Waals surface area (Å²) in [4.78, 5) is 4.37. The van der Waals surface area contributed by atoms with E-state index in [2.05, 4.69) is 10.3 Å². The first-order valence-electron chi connectivity index (χ1n) is 6.61. The van der Waals surface area contributed by atoms with E-state index in [0.717, 1.165) is 32.6 Å². The monoisotopic (exact) mass is 318 g/mol. The van der Waals surface area contributed by atoms with Crippen LogP contribution in [0.15, 0.2) is 29.8 Å². The SMILES string of the molecule is Cc1cc(CNc2c(Cl)ccc3scnc23)cc(C)c1O. The number of rotatable bonds is 3. The van der Waals surface area contributed by atoms with Crippen LogP contribution < -0.4 is 5.32 Å². The molecule has 5 heteroatoms. The average Bonchev–Trinajstić information content (AvgIpc) is 2.92. The third kappa shape index (κ3) is 2.69. The molecule has 3 aromatic rings. The van der Waals surface area contributed by atoms with Gasteiger partial charge in [0.2, 0.25) is 0 Å². The van der Waals surface area contributed by atoms with Gasteiger partial charge in [-0.15, -0.1) is 11.3 Å². The molecule has 0 fully saturated rings. The molecule has 0 saturated carbocycles. The highest BCUT2D eigenvalue weighted by Gasteiger charge is 2.09. The molecule has 1 heterocycles. The molecule has 0 spiro atoms. The van der Waals surface area contributed by atoms with Gasteiger partial charge in [0.15, 0.2) is 0 Å². The Bertz CT molecular complexity index is 790. The van der Waals surface area contributed by atoms with E-state index in [9.17, 15) is 5.11 Å². The smallest absolute Gasteiger partial charge is 0.121 e. The van der Waals surface area contributed by atoms with Gasteiger partial charge in [-0.25, -0.2) is 4.98 Å². The summed E-state index contributed by atoms with van der Waals surface area (Å²) in [5.74, 6) is 0.360. The molecule has 0 bridgehead atoms. The van der Waals surface area contributed by atoms with E-state index in [1.54, 1.807) is 11.3 Å². The predicted octanol–water partition coefficient (Wildman–Crippen LogP) is 4.88. The van der Waals surface area contributed by atoms with Gasteiger partial charge in [-0.05, 0) is 42.7 Å². The number of thiazole rings is 1. The predicted molar refractivity (Wildman–Crippen MR) is 89.5 cm³/mol. The lowest BCUT2D eigenvalue weighted by molar-refractivity contribution is 0.466. The number of aryl methyl sites for hydroxylation is 2. The van der Waals surface area contributed by atoms with Crippen LogP contribution in [0.3, 0.4) is 0 Å². The normalized spacial score (nSPS) is 11.0. The fourth-order valence-corrected chi connectivity index (χ4v) is 3.32. The lowest BCUT2D eigenvalue weighted by atomic mass is 10.1. The van der Waals surface area contributed by atoms with Crippen molar-refractivity contribution in [2.75, 3.05) is 5.32 Å². The van der Waals surface area contributed by atoms with E-state index < -0.39 is 0 Å². The van der Waals surface area contributed by atoms with Crippen LogP contribution >= 0.6 is 22.9 Å². The summed E-state index contributed by atoms with van der Waals surface area (Å²) in [5, 5.41) is 13.9. The largest absolute Gasteiger partial charge is 0.507 e. The Morgan fingerprint density at radius 2 is 1.95 bits per heavy atom. The molecule has 0 aliphatic rings. The molecule has 2 N–H and O–H groups in total. The lowest BCUT2D eigenvalue weighted by Gasteiger charge is -2.11. The molecule has 0 saturated heterocycles. The van der Waals surface area contributed by atoms with Crippen molar-refractivity contribution in [1.29, 1.82) is 0 Å². The number of anilines is 1. The van der Waals surface area contributed by atoms with Gasteiger partial charge in [0.25, 0.3) is 0 Å². The second-order valence-corrected chi connectivity index (χ2v) is 6.35. The van der Waals surface area contributed by atoms with Crippen molar-refractivity contribution in [2.45, 2.75) is 20.4 Å². The van der Waals surface area contributed by atoms with Gasteiger partial charge in [0, 0.05) is 6.54 Å². The molecule has 3 nitrogen and oxygen atoms in total. The number of hydrogen-bond acceptors (Lipinski definition) is 4. The van der Waals surface area contributed by atoms with E-state index in [-0.39, 0.29) is 0 Å². The zero-order chi connectivity index (χ0) is 15.0. The number of aromatic hydroxyl groups is 1. The zero-order valence-corrected chi connectivity index (χ0v) is 13.3. The van der Waals surface area contributed by atoms with Crippen LogP contribution in [0.5, 0.6) is 5.75 Å². The molecule has 0 radical (unpaired) electrons. The fourth-order valence-electron chi connectivity index (χ4n) is 2.41. The van der Waals surface area contributed by atoms with Gasteiger partial charge in [-0.3, -0.25) is 0 Å². The Morgan fingerprint density at radius 1 is 1.24 bits per heavy atom. The number of nitrogens with zero attached hydrogens (tertiary/aromatic N) is 1. The fraction of sp³-hybridized carbons (Fsp3) is 0.188. The summed E-state index contributed by atoms with van der Waals surface area (Å²) in [6.07, 6.45) is 0. The van der Waals surface area contributed by atoms with Crippen LogP contribution in [0.4, 0.5) is 5.69 Å². The first-order chi connectivity index (χ1) is 10.1. The molecular weight excluding hydrogens is 304 g/mol. The minimum Gasteiger partial charge on any atom is -0.507 e. The number of phenols is 1. The maximum atomic E-state index is 9.82. The van der Waals surface area contributed by atoms with Crippen LogP contribution in [0.1, 0.15) is 16.7 Å². The number of fused-ring (bicyclic) bond motifs is 1. The number of hydrogen-bond donors (Lipinski definition) is 2. The second-order valence-electron chi connectivity index (χ2n) is 5.05. The third-order valence-electron chi connectivity index (χ3n) is 3.47. The van der Waals surface area contributed by atoms with Crippen molar-refractivity contribution in [3.05, 3.63) is 51.5 Å². The van der Waals surface area contributed by atoms with Crippen LogP contribution in [0.25, 0.3) is 10.2 Å². The molecule has 3 rings (SSSR count). The molecule has 0 atom stereocenters. The molecule has 0 amide bonds. The number of benzene rings is 2. The molecule has 21 heavy (non-hydrogen) atoms. The van der Waals surface area contributed by atoms with E-state index >= 15 is 0 Å². The van der Waals surface area contributed by atoms with Crippen molar-refractivity contribution < 1.29 is 5.11 Å². The summed E-state index contributed by atoms with van der Waals surface area (Å²) < 4.78 is 1.11. The molecule has 0 unspecified atom stereocenters. The minimum absolute atomic E-state index is 0.360. The number of phenolic OH excluding ortho intramolecular Hbond substituents is 1. The van der Waals surface area contributed by atoms with E-state index in [0.29, 0.717) is 17.3 Å². The van der Waals surface area contributed by atoms with Crippen LogP contribution in [-0.2, 0) is 6.54 Å². The Balaban J connectivity index is 1.90. The van der Waals surface area contributed by atoms with Gasteiger partial charge in [-0.1, -0.05) is 23.7 Å². The summed E-state index contributed by atoms with van der Waals surface area (Å²) >= 11 is 7.87. The summed E-state index contributed by atoms with van der Waals surface area (Å²) in [7, 11) is 0. The first-order valence-corrected chi connectivity index (χ1v) is 7.86. The zero-order valence-electron chi connectivity index (χ0n) is 11.8. The van der Waals surface area contributed by atoms with Crippen molar-refractivity contribution in [1.82, 2.24) is 4.98 Å². The quantitative estimate of drug-likeness (QED) is 0.723. The molecule has 1 aromatic heterocycles. The summed E-state index contributed by atoms with van der Waals surface area (Å²) in [6.45, 7) is 4.44. The molecule has 0 aliphatic heterocycles. The van der Waals surface area contributed by atoms with Crippen LogP contribution in [0, 0.1) is 13.8 Å². The highest BCUT2D eigenvalue weighted by atomic mass is 35.5. The Labute approximate surface area is 132 Å².